The molecule has 2 N–H and O–H groups in total. The fraction of sp³-hybridized carbons (Fsp3) is 0.650. The molecule has 1 unspecified atom stereocenters. The Bertz CT molecular complexity index is 568. The maximum Gasteiger partial charge on any atom is 0.191 e. The number of hydrogen-bond donors (Lipinski definition) is 2. The van der Waals surface area contributed by atoms with Crippen LogP contribution in [0.25, 0.3) is 0 Å². The van der Waals surface area contributed by atoms with Gasteiger partial charge in [-0.25, -0.2) is 0 Å². The van der Waals surface area contributed by atoms with E-state index in [-0.39, 0.29) is 24.0 Å². The minimum absolute atomic E-state index is 0. The van der Waals surface area contributed by atoms with E-state index in [0.717, 1.165) is 69.8 Å². The summed E-state index contributed by atoms with van der Waals surface area (Å²) in [5.74, 6) is 2.50. The summed E-state index contributed by atoms with van der Waals surface area (Å²) in [6, 6.07) is 8.09. The van der Waals surface area contributed by atoms with Crippen LogP contribution in [0.2, 0.25) is 0 Å². The highest BCUT2D eigenvalue weighted by Gasteiger charge is 2.16. The van der Waals surface area contributed by atoms with Crippen molar-refractivity contribution >= 4 is 29.9 Å². The van der Waals surface area contributed by atoms with E-state index in [4.69, 9.17) is 19.2 Å². The van der Waals surface area contributed by atoms with Crippen LogP contribution < -0.4 is 20.1 Å². The topological polar surface area (TPSA) is 67.4 Å². The average molecular weight is 506 g/mol. The first kappa shape index (κ1) is 24.8. The zero-order valence-electron chi connectivity index (χ0n) is 17.3. The monoisotopic (exact) mass is 506 g/mol. The third kappa shape index (κ3) is 9.29. The van der Waals surface area contributed by atoms with Gasteiger partial charge < -0.3 is 24.8 Å². The number of halogens is 1. The van der Waals surface area contributed by atoms with Gasteiger partial charge in [-0.2, -0.15) is 0 Å². The number of hydrogen-bond acceptors (Lipinski definition) is 5. The van der Waals surface area contributed by atoms with Crippen molar-refractivity contribution in [2.24, 2.45) is 4.99 Å². The molecule has 1 saturated heterocycles. The summed E-state index contributed by atoms with van der Waals surface area (Å²) >= 11 is 0. The van der Waals surface area contributed by atoms with Crippen molar-refractivity contribution < 1.29 is 14.2 Å². The summed E-state index contributed by atoms with van der Waals surface area (Å²) in [4.78, 5) is 7.15. The van der Waals surface area contributed by atoms with E-state index in [2.05, 4.69) is 29.4 Å². The molecule has 1 aliphatic rings. The van der Waals surface area contributed by atoms with Gasteiger partial charge in [0.15, 0.2) is 5.96 Å². The lowest BCUT2D eigenvalue weighted by atomic mass is 10.2. The molecule has 0 spiro atoms. The Morgan fingerprint density at radius 3 is 2.71 bits per heavy atom. The zero-order valence-corrected chi connectivity index (χ0v) is 19.6. The SMILES string of the molecule is CCNC(=NCC(C)N1CCOCC1)NCCCOc1cccc(OC)c1.I. The maximum atomic E-state index is 5.77. The predicted molar refractivity (Wildman–Crippen MR) is 124 cm³/mol. The van der Waals surface area contributed by atoms with Crippen molar-refractivity contribution in [2.75, 3.05) is 59.7 Å². The summed E-state index contributed by atoms with van der Waals surface area (Å²) in [6.07, 6.45) is 0.890. The molecule has 28 heavy (non-hydrogen) atoms. The van der Waals surface area contributed by atoms with Gasteiger partial charge in [-0.1, -0.05) is 6.07 Å². The maximum absolute atomic E-state index is 5.77. The molecular weight excluding hydrogens is 471 g/mol. The molecule has 1 fully saturated rings. The molecule has 8 heteroatoms. The van der Waals surface area contributed by atoms with Crippen LogP contribution in [0.15, 0.2) is 29.3 Å². The molecule has 2 rings (SSSR count). The van der Waals surface area contributed by atoms with Gasteiger partial charge in [0.1, 0.15) is 11.5 Å². The highest BCUT2D eigenvalue weighted by molar-refractivity contribution is 14.0. The second kappa shape index (κ2) is 14.7. The lowest BCUT2D eigenvalue weighted by Gasteiger charge is -2.31. The number of guanidine groups is 1. The Morgan fingerprint density at radius 1 is 1.25 bits per heavy atom. The minimum atomic E-state index is 0. The van der Waals surface area contributed by atoms with Crippen LogP contribution in [-0.2, 0) is 4.74 Å². The van der Waals surface area contributed by atoms with E-state index >= 15 is 0 Å². The molecule has 1 aromatic carbocycles. The fourth-order valence-electron chi connectivity index (χ4n) is 2.86. The van der Waals surface area contributed by atoms with Crippen LogP contribution in [0, 0.1) is 0 Å². The van der Waals surface area contributed by atoms with Crippen LogP contribution >= 0.6 is 24.0 Å². The average Bonchev–Trinajstić information content (AvgIpc) is 2.72. The van der Waals surface area contributed by atoms with Gasteiger partial charge in [-0.15, -0.1) is 24.0 Å². The van der Waals surface area contributed by atoms with Crippen molar-refractivity contribution in [3.05, 3.63) is 24.3 Å². The minimum Gasteiger partial charge on any atom is -0.497 e. The fourth-order valence-corrected chi connectivity index (χ4v) is 2.86. The van der Waals surface area contributed by atoms with Crippen molar-refractivity contribution in [3.8, 4) is 11.5 Å². The zero-order chi connectivity index (χ0) is 19.3. The molecule has 0 bridgehead atoms. The number of methoxy groups -OCH3 is 1. The molecule has 0 radical (unpaired) electrons. The third-order valence-corrected chi connectivity index (χ3v) is 4.45. The number of benzene rings is 1. The van der Waals surface area contributed by atoms with Gasteiger partial charge in [0, 0.05) is 38.3 Å². The number of nitrogens with one attached hydrogen (secondary N) is 2. The van der Waals surface area contributed by atoms with Crippen molar-refractivity contribution in [1.29, 1.82) is 0 Å². The summed E-state index contributed by atoms with van der Waals surface area (Å²) in [7, 11) is 1.66. The molecule has 0 aromatic heterocycles. The highest BCUT2D eigenvalue weighted by Crippen LogP contribution is 2.18. The Labute approximate surface area is 186 Å². The predicted octanol–water partition coefficient (Wildman–Crippen LogP) is 2.36. The summed E-state index contributed by atoms with van der Waals surface area (Å²) in [5, 5.41) is 6.68. The van der Waals surface area contributed by atoms with Gasteiger partial charge in [-0.05, 0) is 32.4 Å². The van der Waals surface area contributed by atoms with Crippen LogP contribution in [0.5, 0.6) is 11.5 Å². The Morgan fingerprint density at radius 2 is 2.00 bits per heavy atom. The first-order chi connectivity index (χ1) is 13.2. The van der Waals surface area contributed by atoms with Crippen LogP contribution in [0.3, 0.4) is 0 Å². The molecule has 160 valence electrons. The lowest BCUT2D eigenvalue weighted by Crippen LogP contribution is -2.44. The lowest BCUT2D eigenvalue weighted by molar-refractivity contribution is 0.0220. The number of ether oxygens (including phenoxy) is 3. The van der Waals surface area contributed by atoms with E-state index in [9.17, 15) is 0 Å². The number of aliphatic imine (C=N–C) groups is 1. The molecule has 0 aliphatic carbocycles. The van der Waals surface area contributed by atoms with Crippen molar-refractivity contribution in [1.82, 2.24) is 15.5 Å². The van der Waals surface area contributed by atoms with Crippen LogP contribution in [0.1, 0.15) is 20.3 Å². The van der Waals surface area contributed by atoms with Gasteiger partial charge in [0.2, 0.25) is 0 Å². The van der Waals surface area contributed by atoms with Crippen molar-refractivity contribution in [2.45, 2.75) is 26.3 Å². The molecule has 1 heterocycles. The van der Waals surface area contributed by atoms with E-state index in [1.807, 2.05) is 24.3 Å². The quantitative estimate of drug-likeness (QED) is 0.220. The largest absolute Gasteiger partial charge is 0.497 e. The first-order valence-electron chi connectivity index (χ1n) is 9.83. The number of rotatable bonds is 10. The second-order valence-corrected chi connectivity index (χ2v) is 6.52. The molecule has 7 nitrogen and oxygen atoms in total. The Balaban J connectivity index is 0.00000392. The van der Waals surface area contributed by atoms with E-state index in [1.165, 1.54) is 0 Å². The van der Waals surface area contributed by atoms with Gasteiger partial charge >= 0.3 is 0 Å². The van der Waals surface area contributed by atoms with Crippen LogP contribution in [-0.4, -0.2) is 76.6 Å². The molecule has 1 atom stereocenters. The Hall–Kier alpha value is -1.26. The summed E-state index contributed by atoms with van der Waals surface area (Å²) < 4.78 is 16.4. The first-order valence-corrected chi connectivity index (χ1v) is 9.83. The molecule has 1 aliphatic heterocycles. The van der Waals surface area contributed by atoms with Crippen LogP contribution in [0.4, 0.5) is 0 Å². The summed E-state index contributed by atoms with van der Waals surface area (Å²) in [6.45, 7) is 11.0. The number of nitrogens with zero attached hydrogens (tertiary/aromatic N) is 2. The van der Waals surface area contributed by atoms with E-state index in [0.29, 0.717) is 12.6 Å². The van der Waals surface area contributed by atoms with E-state index < -0.39 is 0 Å². The highest BCUT2D eigenvalue weighted by atomic mass is 127. The van der Waals surface area contributed by atoms with E-state index in [1.54, 1.807) is 7.11 Å². The second-order valence-electron chi connectivity index (χ2n) is 6.52. The molecular formula is C20H35IN4O3. The normalized spacial score (nSPS) is 16.0. The summed E-state index contributed by atoms with van der Waals surface area (Å²) in [5.41, 5.74) is 0. The van der Waals surface area contributed by atoms with Gasteiger partial charge in [0.05, 0.1) is 33.5 Å². The van der Waals surface area contributed by atoms with Gasteiger partial charge in [0.25, 0.3) is 0 Å². The molecule has 0 saturated carbocycles. The smallest absolute Gasteiger partial charge is 0.191 e. The third-order valence-electron chi connectivity index (χ3n) is 4.45. The molecule has 1 aromatic rings. The molecule has 0 amide bonds. The number of morpholine rings is 1. The Kier molecular flexibility index (Phi) is 13.0. The standard InChI is InChI=1S/C20H34N4O3.HI/c1-4-21-20(23-16-17(2)24-10-13-26-14-11-24)22-9-6-12-27-19-8-5-7-18(15-19)25-3;/h5,7-8,15,17H,4,6,9-14,16H2,1-3H3,(H2,21,22,23);1H. The van der Waals surface area contributed by atoms with Crippen molar-refractivity contribution in [3.63, 3.8) is 0 Å². The van der Waals surface area contributed by atoms with Gasteiger partial charge in [-0.3, -0.25) is 9.89 Å².